The van der Waals surface area contributed by atoms with Gasteiger partial charge in [-0.15, -0.1) is 0 Å². The number of anilines is 2. The monoisotopic (exact) mass is 329 g/mol. The first-order chi connectivity index (χ1) is 11.4. The highest BCUT2D eigenvalue weighted by atomic mass is 19.1. The Morgan fingerprint density at radius 3 is 2.21 bits per heavy atom. The molecule has 1 aliphatic rings. The van der Waals surface area contributed by atoms with E-state index in [2.05, 4.69) is 5.32 Å². The number of carboxylic acids is 2. The zero-order valence-electron chi connectivity index (χ0n) is 12.8. The Kier molecular flexibility index (Phi) is 3.97. The van der Waals surface area contributed by atoms with Crippen LogP contribution in [0, 0.1) is 5.82 Å². The van der Waals surface area contributed by atoms with Gasteiger partial charge in [-0.05, 0) is 48.7 Å². The first-order valence-electron chi connectivity index (χ1n) is 7.56. The van der Waals surface area contributed by atoms with E-state index in [9.17, 15) is 19.1 Å². The molecule has 0 heterocycles. The van der Waals surface area contributed by atoms with Crippen molar-refractivity contribution in [2.45, 2.75) is 24.7 Å². The topological polar surface area (TPSA) is 86.6 Å². The zero-order chi connectivity index (χ0) is 17.3. The van der Waals surface area contributed by atoms with Crippen LogP contribution in [0.3, 0.4) is 0 Å². The van der Waals surface area contributed by atoms with Gasteiger partial charge in [0.05, 0.1) is 16.7 Å². The molecular weight excluding hydrogens is 313 g/mol. The van der Waals surface area contributed by atoms with Crippen LogP contribution in [-0.2, 0) is 10.2 Å². The molecule has 1 aliphatic carbocycles. The zero-order valence-corrected chi connectivity index (χ0v) is 12.8. The highest BCUT2D eigenvalue weighted by molar-refractivity contribution is 5.95. The van der Waals surface area contributed by atoms with Crippen LogP contribution in [0.5, 0.6) is 0 Å². The molecule has 24 heavy (non-hydrogen) atoms. The van der Waals surface area contributed by atoms with E-state index < -0.39 is 23.2 Å². The summed E-state index contributed by atoms with van der Waals surface area (Å²) in [7, 11) is 0. The minimum absolute atomic E-state index is 0.167. The van der Waals surface area contributed by atoms with Crippen LogP contribution in [0.4, 0.5) is 15.8 Å². The van der Waals surface area contributed by atoms with Crippen molar-refractivity contribution in [3.8, 4) is 0 Å². The lowest BCUT2D eigenvalue weighted by molar-refractivity contribution is -0.147. The standard InChI is InChI=1S/C18H16FNO4/c19-12-4-7-15(14(10-12)16(21)22)20-13-5-2-11(3-6-13)18(17(23)24)8-1-9-18/h2-7,10,20H,1,8-9H2,(H,21,22)(H,23,24). The number of halogens is 1. The van der Waals surface area contributed by atoms with Crippen LogP contribution in [0.2, 0.25) is 0 Å². The number of nitrogens with one attached hydrogen (secondary N) is 1. The first kappa shape index (κ1) is 16.0. The summed E-state index contributed by atoms with van der Waals surface area (Å²) in [5, 5.41) is 21.5. The molecule has 6 heteroatoms. The van der Waals surface area contributed by atoms with Crippen LogP contribution < -0.4 is 5.32 Å². The van der Waals surface area contributed by atoms with Gasteiger partial charge in [-0.2, -0.15) is 0 Å². The van der Waals surface area contributed by atoms with Crippen LogP contribution in [-0.4, -0.2) is 22.2 Å². The van der Waals surface area contributed by atoms with Crippen LogP contribution >= 0.6 is 0 Å². The SMILES string of the molecule is O=C(O)c1cc(F)ccc1Nc1ccc(C2(C(=O)O)CCC2)cc1. The quantitative estimate of drug-likeness (QED) is 0.777. The number of aliphatic carboxylic acids is 1. The molecule has 0 atom stereocenters. The van der Waals surface area contributed by atoms with Gasteiger partial charge in [0.25, 0.3) is 0 Å². The van der Waals surface area contributed by atoms with Crippen molar-refractivity contribution in [3.63, 3.8) is 0 Å². The molecule has 124 valence electrons. The molecule has 1 saturated carbocycles. The van der Waals surface area contributed by atoms with E-state index in [-0.39, 0.29) is 11.3 Å². The summed E-state index contributed by atoms with van der Waals surface area (Å²) in [6.07, 6.45) is 2.14. The Labute approximate surface area is 137 Å². The third kappa shape index (κ3) is 2.71. The third-order valence-corrected chi connectivity index (χ3v) is 4.55. The van der Waals surface area contributed by atoms with Crippen molar-refractivity contribution in [1.29, 1.82) is 0 Å². The lowest BCUT2D eigenvalue weighted by Crippen LogP contribution is -2.42. The summed E-state index contributed by atoms with van der Waals surface area (Å²) in [6.45, 7) is 0. The molecule has 0 saturated heterocycles. The number of carbonyl (C=O) groups is 2. The molecule has 5 nitrogen and oxygen atoms in total. The maximum absolute atomic E-state index is 13.2. The van der Waals surface area contributed by atoms with Gasteiger partial charge in [0, 0.05) is 5.69 Å². The van der Waals surface area contributed by atoms with E-state index in [1.165, 1.54) is 12.1 Å². The number of benzene rings is 2. The van der Waals surface area contributed by atoms with Gasteiger partial charge in [-0.1, -0.05) is 18.6 Å². The Bertz CT molecular complexity index is 797. The second-order valence-electron chi connectivity index (χ2n) is 5.94. The second-order valence-corrected chi connectivity index (χ2v) is 5.94. The van der Waals surface area contributed by atoms with Gasteiger partial charge >= 0.3 is 11.9 Å². The van der Waals surface area contributed by atoms with Crippen molar-refractivity contribution in [2.75, 3.05) is 5.32 Å². The lowest BCUT2D eigenvalue weighted by atomic mass is 9.64. The van der Waals surface area contributed by atoms with E-state index in [4.69, 9.17) is 5.11 Å². The first-order valence-corrected chi connectivity index (χ1v) is 7.56. The Balaban J connectivity index is 1.85. The van der Waals surface area contributed by atoms with Crippen LogP contribution in [0.25, 0.3) is 0 Å². The van der Waals surface area contributed by atoms with E-state index in [0.29, 0.717) is 18.5 Å². The van der Waals surface area contributed by atoms with Crippen molar-refractivity contribution < 1.29 is 24.2 Å². The van der Waals surface area contributed by atoms with Gasteiger partial charge in [0.1, 0.15) is 5.82 Å². The summed E-state index contributed by atoms with van der Waals surface area (Å²) in [4.78, 5) is 22.7. The molecular formula is C18H16FNO4. The third-order valence-electron chi connectivity index (χ3n) is 4.55. The molecule has 0 unspecified atom stereocenters. The van der Waals surface area contributed by atoms with E-state index >= 15 is 0 Å². The fraction of sp³-hybridized carbons (Fsp3) is 0.222. The predicted octanol–water partition coefficient (Wildman–Crippen LogP) is 3.77. The number of hydrogen-bond acceptors (Lipinski definition) is 3. The van der Waals surface area contributed by atoms with Crippen molar-refractivity contribution in [3.05, 3.63) is 59.4 Å². The van der Waals surface area contributed by atoms with Gasteiger partial charge in [0.2, 0.25) is 0 Å². The number of hydrogen-bond donors (Lipinski definition) is 3. The van der Waals surface area contributed by atoms with Crippen molar-refractivity contribution >= 4 is 23.3 Å². The molecule has 0 aliphatic heterocycles. The smallest absolute Gasteiger partial charge is 0.337 e. The van der Waals surface area contributed by atoms with Crippen molar-refractivity contribution in [2.24, 2.45) is 0 Å². The molecule has 0 radical (unpaired) electrons. The fourth-order valence-corrected chi connectivity index (χ4v) is 2.99. The van der Waals surface area contributed by atoms with Crippen LogP contribution in [0.15, 0.2) is 42.5 Å². The maximum atomic E-state index is 13.2. The predicted molar refractivity (Wildman–Crippen MR) is 86.2 cm³/mol. The summed E-state index contributed by atoms with van der Waals surface area (Å²) in [5.41, 5.74) is 0.645. The molecule has 0 spiro atoms. The van der Waals surface area contributed by atoms with E-state index in [1.54, 1.807) is 24.3 Å². The molecule has 1 fully saturated rings. The molecule has 0 amide bonds. The van der Waals surface area contributed by atoms with E-state index in [1.807, 2.05) is 0 Å². The largest absolute Gasteiger partial charge is 0.481 e. The molecule has 2 aromatic rings. The fourth-order valence-electron chi connectivity index (χ4n) is 2.99. The second kappa shape index (κ2) is 5.96. The van der Waals surface area contributed by atoms with E-state index in [0.717, 1.165) is 18.1 Å². The minimum atomic E-state index is -1.23. The Hall–Kier alpha value is -2.89. The summed E-state index contributed by atoms with van der Waals surface area (Å²) >= 11 is 0. The summed E-state index contributed by atoms with van der Waals surface area (Å²) < 4.78 is 13.2. The minimum Gasteiger partial charge on any atom is -0.481 e. The van der Waals surface area contributed by atoms with Gasteiger partial charge < -0.3 is 15.5 Å². The molecule has 0 aromatic heterocycles. The Morgan fingerprint density at radius 2 is 1.71 bits per heavy atom. The van der Waals surface area contributed by atoms with Gasteiger partial charge in [-0.25, -0.2) is 9.18 Å². The molecule has 2 aromatic carbocycles. The normalized spacial score (nSPS) is 15.4. The lowest BCUT2D eigenvalue weighted by Gasteiger charge is -2.38. The highest BCUT2D eigenvalue weighted by Crippen LogP contribution is 2.44. The van der Waals surface area contributed by atoms with Gasteiger partial charge in [0.15, 0.2) is 0 Å². The summed E-state index contributed by atoms with van der Waals surface area (Å²) in [5.74, 6) is -2.67. The average Bonchev–Trinajstić information content (AvgIpc) is 2.49. The van der Waals surface area contributed by atoms with Crippen molar-refractivity contribution in [1.82, 2.24) is 0 Å². The molecule has 0 bridgehead atoms. The maximum Gasteiger partial charge on any atom is 0.337 e. The Morgan fingerprint density at radius 1 is 1.04 bits per heavy atom. The van der Waals surface area contributed by atoms with Crippen LogP contribution in [0.1, 0.15) is 35.2 Å². The van der Waals surface area contributed by atoms with Gasteiger partial charge in [-0.3, -0.25) is 4.79 Å². The summed E-state index contributed by atoms with van der Waals surface area (Å²) in [6, 6.07) is 10.4. The number of carboxylic acid groups (broad SMARTS) is 2. The molecule has 3 rings (SSSR count). The number of rotatable bonds is 5. The number of aromatic carboxylic acids is 1. The average molecular weight is 329 g/mol. The molecule has 3 N–H and O–H groups in total. The highest BCUT2D eigenvalue weighted by Gasteiger charge is 2.45.